The summed E-state index contributed by atoms with van der Waals surface area (Å²) in [7, 11) is -3.14. The lowest BCUT2D eigenvalue weighted by atomic mass is 10.0. The quantitative estimate of drug-likeness (QED) is 0.873. The molecule has 1 aromatic heterocycles. The fourth-order valence-electron chi connectivity index (χ4n) is 2.43. The number of rotatable bonds is 6. The molecule has 0 spiro atoms. The van der Waals surface area contributed by atoms with Crippen molar-refractivity contribution in [2.45, 2.75) is 26.3 Å². The molecular weight excluding hydrogens is 280 g/mol. The predicted molar refractivity (Wildman–Crippen MR) is 79.8 cm³/mol. The lowest BCUT2D eigenvalue weighted by molar-refractivity contribution is 0.379. The predicted octanol–water partition coefficient (Wildman–Crippen LogP) is 1.90. The van der Waals surface area contributed by atoms with Crippen molar-refractivity contribution >= 4 is 21.4 Å². The Balaban J connectivity index is 1.98. The van der Waals surface area contributed by atoms with Crippen LogP contribution in [-0.2, 0) is 16.6 Å². The standard InChI is InChI=1S/C13H22N2O2S2/c1-2-15(10-13-4-3-9-18-13)19(16,17)11-12-5-7-14-8-6-12/h3-4,9,12,14H,2,5-8,10-11H2,1H3. The third-order valence-corrected chi connectivity index (χ3v) is 6.49. The normalized spacial score (nSPS) is 18.0. The van der Waals surface area contributed by atoms with Crippen LogP contribution < -0.4 is 5.32 Å². The van der Waals surface area contributed by atoms with Crippen LogP contribution >= 0.6 is 11.3 Å². The van der Waals surface area contributed by atoms with Crippen molar-refractivity contribution in [1.29, 1.82) is 0 Å². The summed E-state index contributed by atoms with van der Waals surface area (Å²) in [5, 5.41) is 5.26. The molecule has 2 heterocycles. The first-order chi connectivity index (χ1) is 9.12. The van der Waals surface area contributed by atoms with Crippen molar-refractivity contribution < 1.29 is 8.42 Å². The number of nitrogens with one attached hydrogen (secondary N) is 1. The van der Waals surface area contributed by atoms with Crippen molar-refractivity contribution in [2.75, 3.05) is 25.4 Å². The fourth-order valence-corrected chi connectivity index (χ4v) is 5.11. The lowest BCUT2D eigenvalue weighted by Gasteiger charge is -2.26. The number of sulfonamides is 1. The molecule has 1 N–H and O–H groups in total. The summed E-state index contributed by atoms with van der Waals surface area (Å²) in [5.41, 5.74) is 0. The van der Waals surface area contributed by atoms with Crippen molar-refractivity contribution in [2.24, 2.45) is 5.92 Å². The topological polar surface area (TPSA) is 49.4 Å². The molecule has 0 bridgehead atoms. The van der Waals surface area contributed by atoms with Gasteiger partial charge in [-0.15, -0.1) is 11.3 Å². The van der Waals surface area contributed by atoms with Crippen LogP contribution in [0.1, 0.15) is 24.6 Å². The van der Waals surface area contributed by atoms with Crippen LogP contribution in [0.4, 0.5) is 0 Å². The second kappa shape index (κ2) is 6.83. The largest absolute Gasteiger partial charge is 0.317 e. The second-order valence-corrected chi connectivity index (χ2v) is 8.02. The van der Waals surface area contributed by atoms with E-state index in [1.54, 1.807) is 15.6 Å². The van der Waals surface area contributed by atoms with Crippen molar-refractivity contribution in [1.82, 2.24) is 9.62 Å². The lowest BCUT2D eigenvalue weighted by Crippen LogP contribution is -2.38. The van der Waals surface area contributed by atoms with Crippen LogP contribution in [0.3, 0.4) is 0 Å². The van der Waals surface area contributed by atoms with Crippen LogP contribution in [0.5, 0.6) is 0 Å². The Bertz CT molecular complexity index is 465. The van der Waals surface area contributed by atoms with Gasteiger partial charge in [-0.25, -0.2) is 8.42 Å². The van der Waals surface area contributed by atoms with E-state index in [1.807, 2.05) is 24.4 Å². The van der Waals surface area contributed by atoms with E-state index in [0.717, 1.165) is 30.8 Å². The van der Waals surface area contributed by atoms with E-state index in [-0.39, 0.29) is 0 Å². The highest BCUT2D eigenvalue weighted by molar-refractivity contribution is 7.89. The first-order valence-corrected chi connectivity index (χ1v) is 9.31. The van der Waals surface area contributed by atoms with Crippen LogP contribution in [0.15, 0.2) is 17.5 Å². The van der Waals surface area contributed by atoms with Gasteiger partial charge in [-0.3, -0.25) is 0 Å². The molecule has 1 aliphatic rings. The number of hydrogen-bond donors (Lipinski definition) is 1. The Morgan fingerprint density at radius 2 is 2.16 bits per heavy atom. The highest BCUT2D eigenvalue weighted by Crippen LogP contribution is 2.19. The molecular formula is C13H22N2O2S2. The van der Waals surface area contributed by atoms with Crippen molar-refractivity contribution in [3.05, 3.63) is 22.4 Å². The summed E-state index contributed by atoms with van der Waals surface area (Å²) in [5.74, 6) is 0.608. The summed E-state index contributed by atoms with van der Waals surface area (Å²) in [6.07, 6.45) is 1.94. The molecule has 0 saturated carbocycles. The average molecular weight is 302 g/mol. The van der Waals surface area contributed by atoms with Gasteiger partial charge in [0.15, 0.2) is 0 Å². The minimum Gasteiger partial charge on any atom is -0.317 e. The van der Waals surface area contributed by atoms with Gasteiger partial charge in [0.1, 0.15) is 0 Å². The Kier molecular flexibility index (Phi) is 5.38. The molecule has 0 unspecified atom stereocenters. The van der Waals surface area contributed by atoms with Gasteiger partial charge in [0.2, 0.25) is 10.0 Å². The summed E-state index contributed by atoms with van der Waals surface area (Å²) in [4.78, 5) is 1.11. The number of piperidine rings is 1. The van der Waals surface area contributed by atoms with Crippen LogP contribution in [0.2, 0.25) is 0 Å². The Hall–Kier alpha value is -0.430. The highest BCUT2D eigenvalue weighted by atomic mass is 32.2. The van der Waals surface area contributed by atoms with E-state index in [9.17, 15) is 8.42 Å². The summed E-state index contributed by atoms with van der Waals surface area (Å²) in [6, 6.07) is 3.96. The van der Waals surface area contributed by atoms with E-state index in [0.29, 0.717) is 24.8 Å². The maximum atomic E-state index is 12.5. The smallest absolute Gasteiger partial charge is 0.214 e. The Labute approximate surface area is 119 Å². The van der Waals surface area contributed by atoms with Gasteiger partial charge in [-0.05, 0) is 43.3 Å². The molecule has 1 fully saturated rings. The molecule has 0 radical (unpaired) electrons. The highest BCUT2D eigenvalue weighted by Gasteiger charge is 2.26. The number of thiophene rings is 1. The minimum atomic E-state index is -3.14. The molecule has 4 nitrogen and oxygen atoms in total. The van der Waals surface area contributed by atoms with E-state index >= 15 is 0 Å². The Morgan fingerprint density at radius 3 is 2.74 bits per heavy atom. The molecule has 19 heavy (non-hydrogen) atoms. The van der Waals surface area contributed by atoms with Gasteiger partial charge in [0.25, 0.3) is 0 Å². The zero-order valence-electron chi connectivity index (χ0n) is 11.3. The van der Waals surface area contributed by atoms with Crippen LogP contribution in [0, 0.1) is 5.92 Å². The molecule has 6 heteroatoms. The molecule has 108 valence electrons. The molecule has 1 aliphatic heterocycles. The molecule has 2 rings (SSSR count). The van der Waals surface area contributed by atoms with Gasteiger partial charge in [-0.2, -0.15) is 4.31 Å². The SMILES string of the molecule is CCN(Cc1cccs1)S(=O)(=O)CC1CCNCC1. The second-order valence-electron chi connectivity index (χ2n) is 4.98. The van der Waals surface area contributed by atoms with E-state index < -0.39 is 10.0 Å². The zero-order chi connectivity index (χ0) is 13.7. The maximum absolute atomic E-state index is 12.5. The van der Waals surface area contributed by atoms with Crippen LogP contribution in [0.25, 0.3) is 0 Å². The average Bonchev–Trinajstić information content (AvgIpc) is 2.89. The van der Waals surface area contributed by atoms with Gasteiger partial charge in [0, 0.05) is 18.0 Å². The fraction of sp³-hybridized carbons (Fsp3) is 0.692. The maximum Gasteiger partial charge on any atom is 0.214 e. The Morgan fingerprint density at radius 1 is 1.42 bits per heavy atom. The number of hydrogen-bond acceptors (Lipinski definition) is 4. The minimum absolute atomic E-state index is 0.299. The first-order valence-electron chi connectivity index (χ1n) is 6.82. The van der Waals surface area contributed by atoms with Crippen molar-refractivity contribution in [3.63, 3.8) is 0 Å². The van der Waals surface area contributed by atoms with Crippen molar-refractivity contribution in [3.8, 4) is 0 Å². The molecule has 0 atom stereocenters. The summed E-state index contributed by atoms with van der Waals surface area (Å²) in [6.45, 7) is 4.86. The van der Waals surface area contributed by atoms with E-state index in [4.69, 9.17) is 0 Å². The zero-order valence-corrected chi connectivity index (χ0v) is 13.0. The molecule has 0 amide bonds. The van der Waals surface area contributed by atoms with Gasteiger partial charge in [-0.1, -0.05) is 13.0 Å². The molecule has 0 aromatic carbocycles. The first kappa shape index (κ1) is 15.0. The third-order valence-electron chi connectivity index (χ3n) is 3.56. The van der Waals surface area contributed by atoms with Gasteiger partial charge >= 0.3 is 0 Å². The van der Waals surface area contributed by atoms with Gasteiger partial charge in [0.05, 0.1) is 5.75 Å². The molecule has 1 aromatic rings. The summed E-state index contributed by atoms with van der Waals surface area (Å²) >= 11 is 1.61. The van der Waals surface area contributed by atoms with Gasteiger partial charge < -0.3 is 5.32 Å². The summed E-state index contributed by atoms with van der Waals surface area (Å²) < 4.78 is 26.5. The van der Waals surface area contributed by atoms with E-state index in [2.05, 4.69) is 5.32 Å². The molecule has 1 saturated heterocycles. The third kappa shape index (κ3) is 4.27. The van der Waals surface area contributed by atoms with E-state index in [1.165, 1.54) is 0 Å². The van der Waals surface area contributed by atoms with Crippen LogP contribution in [-0.4, -0.2) is 38.1 Å². The molecule has 0 aliphatic carbocycles. The monoisotopic (exact) mass is 302 g/mol. The number of nitrogens with zero attached hydrogens (tertiary/aromatic N) is 1.